The van der Waals surface area contributed by atoms with Gasteiger partial charge in [0.2, 0.25) is 11.6 Å². The van der Waals surface area contributed by atoms with Gasteiger partial charge in [-0.1, -0.05) is 56.7 Å². The molecule has 0 spiro atoms. The Bertz CT molecular complexity index is 1690. The number of para-hydroxylation sites is 2. The molecule has 1 amide bonds. The summed E-state index contributed by atoms with van der Waals surface area (Å²) in [5.74, 6) is 0.238. The number of unbranched alkanes of at least 4 members (excludes halogenated alkanes) is 1. The molecule has 0 radical (unpaired) electrons. The highest BCUT2D eigenvalue weighted by Gasteiger charge is 2.57. The van der Waals surface area contributed by atoms with E-state index >= 15 is 0 Å². The van der Waals surface area contributed by atoms with Crippen molar-refractivity contribution in [3.63, 3.8) is 0 Å². The van der Waals surface area contributed by atoms with Crippen LogP contribution in [0.1, 0.15) is 90.7 Å². The van der Waals surface area contributed by atoms with Gasteiger partial charge in [0.15, 0.2) is 12.3 Å². The molecule has 1 saturated heterocycles. The highest BCUT2D eigenvalue weighted by molar-refractivity contribution is 6.08. The van der Waals surface area contributed by atoms with E-state index in [1.54, 1.807) is 0 Å². The van der Waals surface area contributed by atoms with E-state index in [4.69, 9.17) is 4.74 Å². The standard InChI is InChI=1S/C40H50N3O3/c1-38(2)25-43-32-15-9-7-13-30(32)40(5,20-11-10-16-34(45)41-21-17-26(44)18-22-41)36(43)28-24-27-33(46-37(28)38)19-23-42-31-14-8-6-12-29(31)39(3,4)35(27)42/h6-9,12-15,24,26,33,37,44H,10-11,16-23,25H2,1-5H3/q+1. The summed E-state index contributed by atoms with van der Waals surface area (Å²) < 4.78 is 9.84. The van der Waals surface area contributed by atoms with Gasteiger partial charge in [-0.05, 0) is 64.2 Å². The molecule has 1 fully saturated rings. The van der Waals surface area contributed by atoms with Crippen LogP contribution in [0, 0.1) is 5.41 Å². The van der Waals surface area contributed by atoms with E-state index in [1.165, 1.54) is 45.1 Å². The molecule has 0 aromatic heterocycles. The molecule has 46 heavy (non-hydrogen) atoms. The van der Waals surface area contributed by atoms with Gasteiger partial charge in [-0.2, -0.15) is 4.58 Å². The maximum Gasteiger partial charge on any atom is 0.222 e. The summed E-state index contributed by atoms with van der Waals surface area (Å²) in [6, 6.07) is 17.9. The third kappa shape index (κ3) is 4.42. The van der Waals surface area contributed by atoms with E-state index in [9.17, 15) is 9.90 Å². The predicted molar refractivity (Wildman–Crippen MR) is 183 cm³/mol. The Labute approximate surface area is 274 Å². The summed E-state index contributed by atoms with van der Waals surface area (Å²) in [5.41, 5.74) is 10.7. The molecule has 2 aromatic carbocycles. The SMILES string of the molecule is CC1(C)C2=[N+](CCC3OC4C(=C5N(CC4(C)C)c4ccccc4C5(C)CCCCC(=O)N4CCC(O)CC4)C=C23)c2ccccc21. The topological polar surface area (TPSA) is 56.0 Å². The second-order valence-electron chi connectivity index (χ2n) is 16.1. The van der Waals surface area contributed by atoms with Gasteiger partial charge in [-0.25, -0.2) is 0 Å². The number of ether oxygens (including phenoxy) is 1. The van der Waals surface area contributed by atoms with E-state index in [0.29, 0.717) is 32.4 Å². The number of rotatable bonds is 5. The normalized spacial score (nSPS) is 29.0. The zero-order valence-corrected chi connectivity index (χ0v) is 28.3. The van der Waals surface area contributed by atoms with Crippen molar-refractivity contribution in [2.75, 3.05) is 31.1 Å². The predicted octanol–water partition coefficient (Wildman–Crippen LogP) is 6.78. The minimum absolute atomic E-state index is 0.0382. The minimum Gasteiger partial charge on any atom is -0.393 e. The summed E-state index contributed by atoms with van der Waals surface area (Å²) in [6.45, 7) is 15.3. The number of allylic oxidation sites excluding steroid dienone is 1. The van der Waals surface area contributed by atoms with Gasteiger partial charge in [0, 0.05) is 77.5 Å². The van der Waals surface area contributed by atoms with Crippen molar-refractivity contribution in [3.8, 4) is 0 Å². The number of benzene rings is 2. The van der Waals surface area contributed by atoms with Crippen molar-refractivity contribution >= 4 is 23.0 Å². The van der Waals surface area contributed by atoms with Crippen molar-refractivity contribution in [3.05, 3.63) is 82.6 Å². The largest absolute Gasteiger partial charge is 0.393 e. The first-order valence-electron chi connectivity index (χ1n) is 17.7. The number of fused-ring (bicyclic) bond motifs is 8. The lowest BCUT2D eigenvalue weighted by atomic mass is 9.68. The summed E-state index contributed by atoms with van der Waals surface area (Å²) in [7, 11) is 0. The molecule has 0 aliphatic carbocycles. The lowest BCUT2D eigenvalue weighted by Gasteiger charge is -2.50. The van der Waals surface area contributed by atoms with E-state index in [-0.39, 0.29) is 40.5 Å². The molecule has 3 atom stereocenters. The maximum atomic E-state index is 13.0. The summed E-state index contributed by atoms with van der Waals surface area (Å²) in [5, 5.41) is 9.87. The number of hydrogen-bond donors (Lipinski definition) is 1. The van der Waals surface area contributed by atoms with Crippen molar-refractivity contribution in [1.82, 2.24) is 4.90 Å². The van der Waals surface area contributed by atoms with Crippen LogP contribution in [0.5, 0.6) is 0 Å². The van der Waals surface area contributed by atoms with Crippen LogP contribution in [0.15, 0.2) is 71.5 Å². The van der Waals surface area contributed by atoms with Gasteiger partial charge in [-0.15, -0.1) is 0 Å². The molecule has 6 aliphatic heterocycles. The van der Waals surface area contributed by atoms with E-state index in [0.717, 1.165) is 38.8 Å². The average molecular weight is 621 g/mol. The molecule has 0 saturated carbocycles. The Morgan fingerprint density at radius 2 is 1.67 bits per heavy atom. The number of hydrogen-bond acceptors (Lipinski definition) is 4. The van der Waals surface area contributed by atoms with Gasteiger partial charge in [0.1, 0.15) is 0 Å². The highest BCUT2D eigenvalue weighted by Crippen LogP contribution is 2.58. The molecule has 8 rings (SSSR count). The Morgan fingerprint density at radius 1 is 0.957 bits per heavy atom. The van der Waals surface area contributed by atoms with Gasteiger partial charge >= 0.3 is 0 Å². The highest BCUT2D eigenvalue weighted by atomic mass is 16.5. The molecule has 6 heteroatoms. The molecular weight excluding hydrogens is 570 g/mol. The van der Waals surface area contributed by atoms with Crippen molar-refractivity contribution < 1.29 is 19.2 Å². The lowest BCUT2D eigenvalue weighted by molar-refractivity contribution is -0.445. The van der Waals surface area contributed by atoms with Crippen molar-refractivity contribution in [2.24, 2.45) is 5.41 Å². The smallest absolute Gasteiger partial charge is 0.222 e. The maximum absolute atomic E-state index is 13.0. The molecule has 242 valence electrons. The van der Waals surface area contributed by atoms with Crippen molar-refractivity contribution in [1.29, 1.82) is 0 Å². The first-order chi connectivity index (χ1) is 22.0. The molecular formula is C40H50N3O3+. The summed E-state index contributed by atoms with van der Waals surface area (Å²) in [4.78, 5) is 17.6. The number of carbonyl (C=O) groups excluding carboxylic acids is 1. The Hall–Kier alpha value is -3.22. The van der Waals surface area contributed by atoms with Gasteiger partial charge in [-0.3, -0.25) is 4.79 Å². The van der Waals surface area contributed by atoms with Crippen molar-refractivity contribution in [2.45, 2.75) is 109 Å². The molecule has 6 aliphatic rings. The molecule has 0 bridgehead atoms. The van der Waals surface area contributed by atoms with Crippen LogP contribution in [-0.2, 0) is 20.4 Å². The number of piperidine rings is 1. The fourth-order valence-corrected chi connectivity index (χ4v) is 9.84. The van der Waals surface area contributed by atoms with Gasteiger partial charge in [0.05, 0.1) is 23.7 Å². The molecule has 6 nitrogen and oxygen atoms in total. The lowest BCUT2D eigenvalue weighted by Crippen LogP contribution is -2.54. The third-order valence-electron chi connectivity index (χ3n) is 12.1. The number of anilines is 1. The second-order valence-corrected chi connectivity index (χ2v) is 16.1. The summed E-state index contributed by atoms with van der Waals surface area (Å²) >= 11 is 0. The number of amides is 1. The fraction of sp³-hybridized carbons (Fsp3) is 0.550. The quantitative estimate of drug-likeness (QED) is 0.296. The average Bonchev–Trinajstić information content (AvgIpc) is 3.43. The van der Waals surface area contributed by atoms with Crippen LogP contribution in [0.2, 0.25) is 0 Å². The van der Waals surface area contributed by atoms with Crippen LogP contribution in [0.3, 0.4) is 0 Å². The van der Waals surface area contributed by atoms with Crippen LogP contribution >= 0.6 is 0 Å². The van der Waals surface area contributed by atoms with Gasteiger partial charge in [0.25, 0.3) is 0 Å². The zero-order valence-electron chi connectivity index (χ0n) is 28.3. The fourth-order valence-electron chi connectivity index (χ4n) is 9.84. The monoisotopic (exact) mass is 620 g/mol. The van der Waals surface area contributed by atoms with Crippen LogP contribution in [0.4, 0.5) is 11.4 Å². The molecule has 2 aromatic rings. The van der Waals surface area contributed by atoms with Crippen LogP contribution < -0.4 is 4.90 Å². The Morgan fingerprint density at radius 3 is 2.46 bits per heavy atom. The summed E-state index contributed by atoms with van der Waals surface area (Å²) in [6.07, 6.45) is 8.29. The third-order valence-corrected chi connectivity index (χ3v) is 12.1. The molecule has 6 heterocycles. The Balaban J connectivity index is 1.17. The van der Waals surface area contributed by atoms with E-state index < -0.39 is 0 Å². The number of aliphatic hydroxyl groups is 1. The van der Waals surface area contributed by atoms with E-state index in [2.05, 4.69) is 98.7 Å². The zero-order chi connectivity index (χ0) is 32.0. The second kappa shape index (κ2) is 10.6. The molecule has 3 unspecified atom stereocenters. The first-order valence-corrected chi connectivity index (χ1v) is 17.7. The van der Waals surface area contributed by atoms with Gasteiger partial charge < -0.3 is 19.6 Å². The number of likely N-dealkylation sites (tertiary alicyclic amines) is 1. The minimum atomic E-state index is -0.257. The molecule has 1 N–H and O–H groups in total. The number of nitrogens with zero attached hydrogens (tertiary/aromatic N) is 3. The first kappa shape index (κ1) is 30.1. The number of carbonyl (C=O) groups is 1. The van der Waals surface area contributed by atoms with E-state index in [1.807, 2.05) is 4.90 Å². The van der Waals surface area contributed by atoms with Crippen LogP contribution in [0.25, 0.3) is 0 Å². The Kier molecular flexibility index (Phi) is 6.98. The van der Waals surface area contributed by atoms with Crippen LogP contribution in [-0.4, -0.2) is 70.7 Å². The number of aliphatic hydroxyl groups excluding tert-OH is 1.